The van der Waals surface area contributed by atoms with Crippen LogP contribution in [-0.2, 0) is 4.79 Å². The van der Waals surface area contributed by atoms with E-state index in [0.717, 1.165) is 25.3 Å². The molecule has 0 atom stereocenters. The predicted molar refractivity (Wildman–Crippen MR) is 59.3 cm³/mol. The Kier molecular flexibility index (Phi) is 4.35. The van der Waals surface area contributed by atoms with Gasteiger partial charge in [-0.15, -0.1) is 0 Å². The van der Waals surface area contributed by atoms with Gasteiger partial charge in [0.1, 0.15) is 11.4 Å². The zero-order chi connectivity index (χ0) is 16.4. The summed E-state index contributed by atoms with van der Waals surface area (Å²) in [5.74, 6) is -8.44. The van der Waals surface area contributed by atoms with Crippen LogP contribution in [0.15, 0.2) is 18.2 Å². The van der Waals surface area contributed by atoms with Gasteiger partial charge >= 0.3 is 18.0 Å². The van der Waals surface area contributed by atoms with Crippen molar-refractivity contribution >= 4 is 17.3 Å². The lowest BCUT2D eigenvalue weighted by molar-refractivity contribution is -0.384. The highest BCUT2D eigenvalue weighted by Crippen LogP contribution is 2.37. The van der Waals surface area contributed by atoms with Crippen LogP contribution in [0, 0.1) is 10.1 Å². The van der Waals surface area contributed by atoms with Gasteiger partial charge in [-0.1, -0.05) is 0 Å². The maximum Gasteiger partial charge on any atom is 0.463 e. The number of benzene rings is 1. The third kappa shape index (κ3) is 3.35. The summed E-state index contributed by atoms with van der Waals surface area (Å²) < 4.78 is 66.2. The maximum absolute atomic E-state index is 12.8. The molecule has 0 aliphatic heterocycles. The number of anilines is 1. The fourth-order valence-corrected chi connectivity index (χ4v) is 1.22. The first kappa shape index (κ1) is 16.6. The van der Waals surface area contributed by atoms with Crippen molar-refractivity contribution in [1.29, 1.82) is 0 Å². The molecule has 1 rings (SSSR count). The number of methoxy groups -OCH3 is 1. The Labute approximate surface area is 113 Å². The second-order valence-corrected chi connectivity index (χ2v) is 3.67. The number of nitrogens with one attached hydrogen (secondary N) is 1. The van der Waals surface area contributed by atoms with Gasteiger partial charge in [0, 0.05) is 0 Å². The first-order valence-electron chi connectivity index (χ1n) is 5.09. The number of alkyl halides is 5. The first-order chi connectivity index (χ1) is 9.50. The van der Waals surface area contributed by atoms with Gasteiger partial charge in [0.25, 0.3) is 5.69 Å². The molecule has 116 valence electrons. The smallest absolute Gasteiger partial charge is 0.463 e. The lowest BCUT2D eigenvalue weighted by Crippen LogP contribution is -2.47. The van der Waals surface area contributed by atoms with Crippen LogP contribution < -0.4 is 10.1 Å². The molecule has 0 heterocycles. The van der Waals surface area contributed by atoms with E-state index in [1.54, 1.807) is 0 Å². The summed E-state index contributed by atoms with van der Waals surface area (Å²) in [4.78, 5) is 20.6. The number of rotatable bonds is 4. The molecule has 0 aromatic heterocycles. The SMILES string of the molecule is COc1ccc(NC(=O)C(F)(F)C(F)(F)F)c([N+](=O)[O-])c1. The quantitative estimate of drug-likeness (QED) is 0.526. The Bertz CT molecular complexity index is 573. The number of amides is 1. The molecule has 0 saturated heterocycles. The minimum absolute atomic E-state index is 0.0396. The molecule has 6 nitrogen and oxygen atoms in total. The number of hydrogen-bond acceptors (Lipinski definition) is 4. The van der Waals surface area contributed by atoms with Gasteiger partial charge in [-0.2, -0.15) is 22.0 Å². The summed E-state index contributed by atoms with van der Waals surface area (Å²) in [6.07, 6.45) is -6.11. The Morgan fingerprint density at radius 1 is 1.29 bits per heavy atom. The lowest BCUT2D eigenvalue weighted by Gasteiger charge is -2.18. The van der Waals surface area contributed by atoms with Crippen LogP contribution in [-0.4, -0.2) is 30.0 Å². The van der Waals surface area contributed by atoms with Crippen molar-refractivity contribution in [3.63, 3.8) is 0 Å². The number of carbonyl (C=O) groups excluding carboxylic acids is 1. The number of nitrogens with zero attached hydrogens (tertiary/aromatic N) is 1. The van der Waals surface area contributed by atoms with Gasteiger partial charge in [-0.05, 0) is 12.1 Å². The monoisotopic (exact) mass is 314 g/mol. The van der Waals surface area contributed by atoms with Crippen molar-refractivity contribution in [2.24, 2.45) is 0 Å². The zero-order valence-electron chi connectivity index (χ0n) is 10.2. The van der Waals surface area contributed by atoms with Crippen LogP contribution >= 0.6 is 0 Å². The molecule has 1 aromatic rings. The topological polar surface area (TPSA) is 81.5 Å². The molecule has 0 unspecified atom stereocenters. The Balaban J connectivity index is 3.14. The van der Waals surface area contributed by atoms with E-state index in [4.69, 9.17) is 0 Å². The van der Waals surface area contributed by atoms with Crippen molar-refractivity contribution in [2.75, 3.05) is 12.4 Å². The fourth-order valence-electron chi connectivity index (χ4n) is 1.22. The highest BCUT2D eigenvalue weighted by atomic mass is 19.4. The minimum Gasteiger partial charge on any atom is -0.496 e. The third-order valence-corrected chi connectivity index (χ3v) is 2.29. The van der Waals surface area contributed by atoms with Crippen LogP contribution in [0.25, 0.3) is 0 Å². The van der Waals surface area contributed by atoms with Gasteiger partial charge in [-0.25, -0.2) is 0 Å². The average Bonchev–Trinajstić information content (AvgIpc) is 2.37. The van der Waals surface area contributed by atoms with Crippen molar-refractivity contribution in [3.05, 3.63) is 28.3 Å². The molecule has 1 amide bonds. The van der Waals surface area contributed by atoms with E-state index >= 15 is 0 Å². The normalized spacial score (nSPS) is 11.9. The number of carbonyl (C=O) groups is 1. The van der Waals surface area contributed by atoms with Crippen molar-refractivity contribution in [1.82, 2.24) is 0 Å². The molecule has 0 bridgehead atoms. The molecule has 1 N–H and O–H groups in total. The van der Waals surface area contributed by atoms with Crippen LogP contribution in [0.3, 0.4) is 0 Å². The molecular weight excluding hydrogens is 307 g/mol. The summed E-state index contributed by atoms with van der Waals surface area (Å²) in [6, 6.07) is 2.59. The Morgan fingerprint density at radius 3 is 2.29 bits per heavy atom. The number of hydrogen-bond donors (Lipinski definition) is 1. The van der Waals surface area contributed by atoms with Gasteiger partial charge in [-0.3, -0.25) is 14.9 Å². The van der Waals surface area contributed by atoms with Crippen LogP contribution in [0.5, 0.6) is 5.75 Å². The van der Waals surface area contributed by atoms with E-state index in [0.29, 0.717) is 0 Å². The average molecular weight is 314 g/mol. The number of nitro groups is 1. The second kappa shape index (κ2) is 5.50. The first-order valence-corrected chi connectivity index (χ1v) is 5.09. The highest BCUT2D eigenvalue weighted by molar-refractivity contribution is 5.98. The lowest BCUT2D eigenvalue weighted by atomic mass is 10.2. The number of halogens is 5. The highest BCUT2D eigenvalue weighted by Gasteiger charge is 2.63. The standard InChI is InChI=1S/C10H7F5N2O4/c1-21-5-2-3-6(7(4-5)17(19)20)16-8(18)9(11,12)10(13,14)15/h2-4H,1H3,(H,16,18). The maximum atomic E-state index is 12.8. The van der Waals surface area contributed by atoms with Crippen molar-refractivity contribution in [2.45, 2.75) is 12.1 Å². The van der Waals surface area contributed by atoms with Crippen LogP contribution in [0.2, 0.25) is 0 Å². The number of ether oxygens (including phenoxy) is 1. The number of nitro benzene ring substituents is 1. The summed E-state index contributed by atoms with van der Waals surface area (Å²) in [6.45, 7) is 0. The molecular formula is C10H7F5N2O4. The van der Waals surface area contributed by atoms with Crippen LogP contribution in [0.4, 0.5) is 33.3 Å². The van der Waals surface area contributed by atoms with Crippen LogP contribution in [0.1, 0.15) is 0 Å². The van der Waals surface area contributed by atoms with Crippen molar-refractivity contribution < 1.29 is 36.4 Å². The van der Waals surface area contributed by atoms with E-state index in [9.17, 15) is 36.9 Å². The van der Waals surface area contributed by atoms with E-state index in [1.165, 1.54) is 5.32 Å². The van der Waals surface area contributed by atoms with E-state index in [2.05, 4.69) is 4.74 Å². The van der Waals surface area contributed by atoms with E-state index in [-0.39, 0.29) is 5.75 Å². The largest absolute Gasteiger partial charge is 0.496 e. The molecule has 0 aliphatic carbocycles. The molecule has 0 aliphatic rings. The summed E-state index contributed by atoms with van der Waals surface area (Å²) in [7, 11) is 1.16. The van der Waals surface area contributed by atoms with Gasteiger partial charge < -0.3 is 10.1 Å². The van der Waals surface area contributed by atoms with Crippen molar-refractivity contribution in [3.8, 4) is 5.75 Å². The molecule has 21 heavy (non-hydrogen) atoms. The zero-order valence-corrected chi connectivity index (χ0v) is 10.2. The molecule has 11 heteroatoms. The fraction of sp³-hybridized carbons (Fsp3) is 0.300. The summed E-state index contributed by atoms with van der Waals surface area (Å²) >= 11 is 0. The second-order valence-electron chi connectivity index (χ2n) is 3.67. The van der Waals surface area contributed by atoms with Gasteiger partial charge in [0.2, 0.25) is 0 Å². The Morgan fingerprint density at radius 2 is 1.86 bits per heavy atom. The predicted octanol–water partition coefficient (Wildman–Crippen LogP) is 2.74. The third-order valence-electron chi connectivity index (χ3n) is 2.29. The molecule has 1 aromatic carbocycles. The molecule has 0 radical (unpaired) electrons. The summed E-state index contributed by atoms with van der Waals surface area (Å²) in [5.41, 5.74) is -1.70. The molecule has 0 saturated carbocycles. The van der Waals surface area contributed by atoms with E-state index in [1.807, 2.05) is 0 Å². The Hall–Kier alpha value is -2.46. The minimum atomic E-state index is -6.11. The van der Waals surface area contributed by atoms with Gasteiger partial charge in [0.15, 0.2) is 0 Å². The molecule has 0 fully saturated rings. The summed E-state index contributed by atoms with van der Waals surface area (Å²) in [5, 5.41) is 11.9. The van der Waals surface area contributed by atoms with E-state index < -0.39 is 34.3 Å². The molecule has 0 spiro atoms. The van der Waals surface area contributed by atoms with Gasteiger partial charge in [0.05, 0.1) is 18.1 Å².